The molecule has 1 saturated heterocycles. The molecule has 5 aromatic rings. The maximum Gasteiger partial charge on any atom is 0.335 e. The number of rotatable bonds is 10. The minimum absolute atomic E-state index is 0.0108. The van der Waals surface area contributed by atoms with Gasteiger partial charge in [0.15, 0.2) is 0 Å². The molecule has 1 atom stereocenters. The van der Waals surface area contributed by atoms with Crippen LogP contribution in [0, 0.1) is 11.6 Å². The average molecular weight is 572 g/mol. The Morgan fingerprint density at radius 2 is 1.90 bits per heavy atom. The van der Waals surface area contributed by atoms with Crippen molar-refractivity contribution in [2.75, 3.05) is 6.61 Å². The predicted octanol–water partition coefficient (Wildman–Crippen LogP) is 5.56. The summed E-state index contributed by atoms with van der Waals surface area (Å²) in [4.78, 5) is 20.6. The molecule has 11 heteroatoms. The molecule has 0 bridgehead atoms. The van der Waals surface area contributed by atoms with E-state index in [9.17, 15) is 9.90 Å². The van der Waals surface area contributed by atoms with Crippen molar-refractivity contribution in [1.29, 1.82) is 0 Å². The number of carbonyl (C=O) groups is 1. The molecule has 1 aliphatic heterocycles. The van der Waals surface area contributed by atoms with Gasteiger partial charge in [0.2, 0.25) is 5.88 Å². The molecule has 214 valence electrons. The van der Waals surface area contributed by atoms with Gasteiger partial charge >= 0.3 is 5.97 Å². The van der Waals surface area contributed by atoms with E-state index < -0.39 is 17.6 Å². The van der Waals surface area contributed by atoms with Gasteiger partial charge in [0.05, 0.1) is 46.7 Å². The van der Waals surface area contributed by atoms with Crippen molar-refractivity contribution in [2.24, 2.45) is 0 Å². The van der Waals surface area contributed by atoms with Crippen LogP contribution in [-0.2, 0) is 24.3 Å². The number of ether oxygens (including phenoxy) is 2. The van der Waals surface area contributed by atoms with Crippen LogP contribution >= 0.6 is 0 Å². The number of nitrogens with zero attached hydrogens (tertiary/aromatic N) is 5. The molecule has 2 aliphatic rings. The molecule has 1 aliphatic carbocycles. The second-order valence-corrected chi connectivity index (χ2v) is 10.7. The smallest absolute Gasteiger partial charge is 0.335 e. The van der Waals surface area contributed by atoms with Crippen molar-refractivity contribution >= 4 is 17.0 Å². The molecular weight excluding hydrogens is 544 g/mol. The first-order chi connectivity index (χ1) is 20.4. The summed E-state index contributed by atoms with van der Waals surface area (Å²) in [5.74, 6) is -1.51. The van der Waals surface area contributed by atoms with Gasteiger partial charge in [-0.15, -0.1) is 0 Å². The van der Waals surface area contributed by atoms with E-state index in [-0.39, 0.29) is 47.4 Å². The normalized spacial score (nSPS) is 16.5. The van der Waals surface area contributed by atoms with Crippen LogP contribution in [0.3, 0.4) is 0 Å². The molecule has 2 aromatic carbocycles. The van der Waals surface area contributed by atoms with Gasteiger partial charge in [0, 0.05) is 30.9 Å². The molecule has 1 saturated carbocycles. The third kappa shape index (κ3) is 5.23. The van der Waals surface area contributed by atoms with E-state index in [0.29, 0.717) is 36.1 Å². The number of halogens is 2. The summed E-state index contributed by atoms with van der Waals surface area (Å²) in [5.41, 5.74) is 2.46. The second-order valence-electron chi connectivity index (χ2n) is 10.7. The molecule has 0 spiro atoms. The molecule has 42 heavy (non-hydrogen) atoms. The van der Waals surface area contributed by atoms with Crippen LogP contribution in [0.15, 0.2) is 60.8 Å². The zero-order valence-electron chi connectivity index (χ0n) is 22.5. The molecule has 7 rings (SSSR count). The van der Waals surface area contributed by atoms with E-state index in [2.05, 4.69) is 15.1 Å². The lowest BCUT2D eigenvalue weighted by Crippen LogP contribution is -2.31. The number of aromatic nitrogens is 5. The maximum atomic E-state index is 15.5. The van der Waals surface area contributed by atoms with Crippen LogP contribution in [0.1, 0.15) is 52.7 Å². The average Bonchev–Trinajstić information content (AvgIpc) is 3.60. The number of carboxylic acid groups (broad SMARTS) is 1. The summed E-state index contributed by atoms with van der Waals surface area (Å²) in [6.07, 6.45) is 5.02. The molecule has 0 amide bonds. The maximum absolute atomic E-state index is 15.5. The standard InChI is InChI=1S/C31H27F2N5O4/c32-24-15-23(26-2-1-3-30(35-26)42-17-20-8-10-38(36-20)21-5-6-21)25(33)12-19(24)14-29-34-27-7-4-18(31(39)40)13-28(27)37(29)16-22-9-11-41-22/h1-4,7-8,10,12-13,15,21-22H,5-6,9,11,14,16-17H2,(H,39,40). The Hall–Kier alpha value is -4.64. The van der Waals surface area contributed by atoms with E-state index >= 15 is 8.78 Å². The van der Waals surface area contributed by atoms with Crippen LogP contribution in [0.2, 0.25) is 0 Å². The van der Waals surface area contributed by atoms with Crippen molar-refractivity contribution in [3.63, 3.8) is 0 Å². The summed E-state index contributed by atoms with van der Waals surface area (Å²) in [7, 11) is 0. The number of hydrogen-bond donors (Lipinski definition) is 1. The van der Waals surface area contributed by atoms with E-state index in [1.807, 2.05) is 21.5 Å². The summed E-state index contributed by atoms with van der Waals surface area (Å²) < 4.78 is 46.1. The Bertz CT molecular complexity index is 1810. The topological polar surface area (TPSA) is 104 Å². The van der Waals surface area contributed by atoms with Gasteiger partial charge in [-0.1, -0.05) is 6.07 Å². The Morgan fingerprint density at radius 1 is 1.05 bits per heavy atom. The van der Waals surface area contributed by atoms with Crippen molar-refractivity contribution in [3.05, 3.63) is 95.1 Å². The van der Waals surface area contributed by atoms with Crippen molar-refractivity contribution in [1.82, 2.24) is 24.3 Å². The minimum Gasteiger partial charge on any atom is -0.478 e. The largest absolute Gasteiger partial charge is 0.478 e. The van der Waals surface area contributed by atoms with Gasteiger partial charge in [-0.2, -0.15) is 5.10 Å². The van der Waals surface area contributed by atoms with E-state index in [1.54, 1.807) is 30.3 Å². The monoisotopic (exact) mass is 571 g/mol. The molecule has 3 aromatic heterocycles. The summed E-state index contributed by atoms with van der Waals surface area (Å²) >= 11 is 0. The summed E-state index contributed by atoms with van der Waals surface area (Å²) in [5, 5.41) is 14.0. The number of benzene rings is 2. The van der Waals surface area contributed by atoms with Crippen molar-refractivity contribution in [2.45, 2.75) is 51.0 Å². The number of aromatic carboxylic acids is 1. The lowest BCUT2D eigenvalue weighted by molar-refractivity contribution is -0.0589. The third-order valence-electron chi connectivity index (χ3n) is 7.69. The molecule has 0 radical (unpaired) electrons. The first-order valence-electron chi connectivity index (χ1n) is 13.9. The van der Waals surface area contributed by atoms with Crippen LogP contribution in [-0.4, -0.2) is 48.1 Å². The molecule has 2 fully saturated rings. The third-order valence-corrected chi connectivity index (χ3v) is 7.69. The highest BCUT2D eigenvalue weighted by Gasteiger charge is 2.25. The minimum atomic E-state index is -1.05. The van der Waals surface area contributed by atoms with Gasteiger partial charge in [-0.25, -0.2) is 23.5 Å². The SMILES string of the molecule is O=C(O)c1ccc2nc(Cc3cc(F)c(-c4cccc(OCc5ccn(C6CC6)n5)n4)cc3F)n(CC3CCO3)c2c1. The summed E-state index contributed by atoms with van der Waals surface area (Å²) in [6.45, 7) is 1.31. The van der Waals surface area contributed by atoms with E-state index in [0.717, 1.165) is 37.1 Å². The Labute approximate surface area is 239 Å². The molecule has 4 heterocycles. The zero-order valence-corrected chi connectivity index (χ0v) is 22.5. The van der Waals surface area contributed by atoms with E-state index in [1.165, 1.54) is 6.07 Å². The van der Waals surface area contributed by atoms with Crippen LogP contribution in [0.25, 0.3) is 22.3 Å². The molecule has 1 N–H and O–H groups in total. The molecular formula is C31H27F2N5O4. The van der Waals surface area contributed by atoms with Crippen molar-refractivity contribution < 1.29 is 28.2 Å². The highest BCUT2D eigenvalue weighted by Crippen LogP contribution is 2.34. The number of imidazole rings is 1. The number of carboxylic acids is 1. The summed E-state index contributed by atoms with van der Waals surface area (Å²) in [6, 6.07) is 14.3. The highest BCUT2D eigenvalue weighted by atomic mass is 19.1. The van der Waals surface area contributed by atoms with Gasteiger partial charge in [0.1, 0.15) is 24.1 Å². The van der Waals surface area contributed by atoms with Gasteiger partial charge in [-0.05, 0) is 67.3 Å². The predicted molar refractivity (Wildman–Crippen MR) is 148 cm³/mol. The Kier molecular flexibility index (Phi) is 6.66. The molecule has 9 nitrogen and oxygen atoms in total. The lowest BCUT2D eigenvalue weighted by Gasteiger charge is -2.27. The fourth-order valence-corrected chi connectivity index (χ4v) is 5.16. The number of fused-ring (bicyclic) bond motifs is 1. The van der Waals surface area contributed by atoms with Crippen LogP contribution in [0.4, 0.5) is 8.78 Å². The lowest BCUT2D eigenvalue weighted by atomic mass is 10.0. The second kappa shape index (κ2) is 10.6. The Morgan fingerprint density at radius 3 is 2.67 bits per heavy atom. The first-order valence-corrected chi connectivity index (χ1v) is 13.9. The van der Waals surface area contributed by atoms with Gasteiger partial charge in [0.25, 0.3) is 0 Å². The molecule has 1 unspecified atom stereocenters. The Balaban J connectivity index is 1.14. The fraction of sp³-hybridized carbons (Fsp3) is 0.290. The van der Waals surface area contributed by atoms with Crippen LogP contribution in [0.5, 0.6) is 5.88 Å². The van der Waals surface area contributed by atoms with Gasteiger partial charge < -0.3 is 19.1 Å². The number of pyridine rings is 1. The highest BCUT2D eigenvalue weighted by molar-refractivity contribution is 5.92. The van der Waals surface area contributed by atoms with Crippen molar-refractivity contribution in [3.8, 4) is 17.1 Å². The quantitative estimate of drug-likeness (QED) is 0.234. The zero-order chi connectivity index (χ0) is 28.8. The van der Waals surface area contributed by atoms with Gasteiger partial charge in [-0.3, -0.25) is 4.68 Å². The fourth-order valence-electron chi connectivity index (χ4n) is 5.16. The van der Waals surface area contributed by atoms with E-state index in [4.69, 9.17) is 9.47 Å². The number of hydrogen-bond acceptors (Lipinski definition) is 6. The first kappa shape index (κ1) is 26.3. The van der Waals surface area contributed by atoms with Crippen LogP contribution < -0.4 is 4.74 Å².